The minimum atomic E-state index is -0.259. The zero-order valence-electron chi connectivity index (χ0n) is 4.50. The summed E-state index contributed by atoms with van der Waals surface area (Å²) >= 11 is -0.0171. The van der Waals surface area contributed by atoms with Gasteiger partial charge in [0, 0.05) is 0 Å². The van der Waals surface area contributed by atoms with Gasteiger partial charge in [-0.3, -0.25) is 5.11 Å². The van der Waals surface area contributed by atoms with Gasteiger partial charge in [0.1, 0.15) is 0 Å². The summed E-state index contributed by atoms with van der Waals surface area (Å²) in [5.41, 5.74) is 0. The summed E-state index contributed by atoms with van der Waals surface area (Å²) in [5.74, 6) is -0.259. The maximum atomic E-state index is 11.7. The maximum absolute atomic E-state index is 11.7. The fraction of sp³-hybridized carbons (Fsp3) is 0. The highest BCUT2D eigenvalue weighted by molar-refractivity contribution is 7.94. The first-order valence-electron chi connectivity index (χ1n) is 2.39. The molecule has 0 aliphatic heterocycles. The molecule has 0 heterocycles. The number of halogens is 1. The highest BCUT2D eigenvalue weighted by atomic mass is 32.2. The summed E-state index contributed by atoms with van der Waals surface area (Å²) in [4.78, 5) is 0.150. The molecule has 0 atom stereocenters. The van der Waals surface area contributed by atoms with Crippen LogP contribution in [0.4, 0.5) is 3.89 Å². The summed E-state index contributed by atoms with van der Waals surface area (Å²) in [6.07, 6.45) is 0. The number of hydrogen-bond acceptors (Lipinski definition) is 1. The van der Waals surface area contributed by atoms with E-state index in [0.717, 1.165) is 0 Å². The van der Waals surface area contributed by atoms with Crippen LogP contribution in [-0.4, -0.2) is 0 Å². The topological polar surface area (TPSA) is 19.9 Å². The molecular weight excluding hydrogens is 139 g/mol. The normalized spacial score (nSPS) is 9.44. The largest absolute Gasteiger partial charge is 0.289 e. The van der Waals surface area contributed by atoms with E-state index in [2.05, 4.69) is 0 Å². The van der Waals surface area contributed by atoms with E-state index in [1.54, 1.807) is 12.1 Å². The van der Waals surface area contributed by atoms with Crippen molar-refractivity contribution >= 4 is 12.1 Å². The molecule has 1 aromatic carbocycles. The Morgan fingerprint density at radius 1 is 1.33 bits per heavy atom. The molecule has 0 saturated heterocycles. The molecule has 1 nitrogen and oxygen atoms in total. The molecule has 0 spiro atoms. The van der Waals surface area contributed by atoms with Gasteiger partial charge in [-0.2, -0.15) is 3.89 Å². The first-order chi connectivity index (χ1) is 4.34. The van der Waals surface area contributed by atoms with Crippen LogP contribution in [0.2, 0.25) is 0 Å². The van der Waals surface area contributed by atoms with Gasteiger partial charge in [0.2, 0.25) is 0 Å². The van der Waals surface area contributed by atoms with Crippen LogP contribution in [0.3, 0.4) is 0 Å². The lowest BCUT2D eigenvalue weighted by molar-refractivity contribution is 0.344. The Bertz CT molecular complexity index is 202. The standard InChI is InChI=1S/C6H4FOS/c7-9-6-4-2-1-3-5(6)8/h1-4H. The zero-order chi connectivity index (χ0) is 6.69. The number of hydrogen-bond donors (Lipinski definition) is 0. The molecular formula is C6H4FOS. The van der Waals surface area contributed by atoms with Crippen molar-refractivity contribution in [3.63, 3.8) is 0 Å². The van der Waals surface area contributed by atoms with Crippen LogP contribution in [0, 0.1) is 0 Å². The van der Waals surface area contributed by atoms with Crippen molar-refractivity contribution in [3.8, 4) is 5.75 Å². The molecule has 0 bridgehead atoms. The molecule has 0 aliphatic carbocycles. The van der Waals surface area contributed by atoms with E-state index in [9.17, 15) is 8.99 Å². The fourth-order valence-electron chi connectivity index (χ4n) is 0.514. The minimum Gasteiger partial charge on any atom is -0.289 e. The SMILES string of the molecule is [O]c1ccccc1SF. The molecule has 0 amide bonds. The highest BCUT2D eigenvalue weighted by Crippen LogP contribution is 2.28. The van der Waals surface area contributed by atoms with Gasteiger partial charge in [-0.15, -0.1) is 0 Å². The number of benzene rings is 1. The number of rotatable bonds is 1. The molecule has 1 rings (SSSR count). The Morgan fingerprint density at radius 3 is 2.44 bits per heavy atom. The van der Waals surface area contributed by atoms with Gasteiger partial charge < -0.3 is 0 Å². The summed E-state index contributed by atoms with van der Waals surface area (Å²) in [6, 6.07) is 6.00. The molecule has 0 aliphatic rings. The van der Waals surface area contributed by atoms with Gasteiger partial charge >= 0.3 is 0 Å². The Hall–Kier alpha value is -0.700. The van der Waals surface area contributed by atoms with Crippen molar-refractivity contribution in [1.29, 1.82) is 0 Å². The van der Waals surface area contributed by atoms with Gasteiger partial charge in [0.05, 0.1) is 17.0 Å². The second-order valence-electron chi connectivity index (χ2n) is 1.52. The molecule has 9 heavy (non-hydrogen) atoms. The smallest absolute Gasteiger partial charge is 0.194 e. The van der Waals surface area contributed by atoms with Crippen LogP contribution in [-0.2, 0) is 5.11 Å². The van der Waals surface area contributed by atoms with Gasteiger partial charge in [0.25, 0.3) is 0 Å². The predicted octanol–water partition coefficient (Wildman–Crippen LogP) is 2.81. The molecule has 1 radical (unpaired) electrons. The van der Waals surface area contributed by atoms with E-state index in [1.165, 1.54) is 12.1 Å². The third-order valence-electron chi connectivity index (χ3n) is 0.932. The lowest BCUT2D eigenvalue weighted by atomic mass is 10.3. The van der Waals surface area contributed by atoms with Crippen molar-refractivity contribution in [1.82, 2.24) is 0 Å². The highest BCUT2D eigenvalue weighted by Gasteiger charge is 1.99. The molecule has 0 N–H and O–H groups in total. The van der Waals surface area contributed by atoms with Crippen LogP contribution < -0.4 is 0 Å². The summed E-state index contributed by atoms with van der Waals surface area (Å²) in [7, 11) is 0. The second-order valence-corrected chi connectivity index (χ2v) is 2.12. The van der Waals surface area contributed by atoms with Gasteiger partial charge in [0.15, 0.2) is 5.75 Å². The molecule has 0 fully saturated rings. The average Bonchev–Trinajstić information content (AvgIpc) is 1.89. The molecule has 0 aromatic heterocycles. The van der Waals surface area contributed by atoms with Crippen molar-refractivity contribution in [2.24, 2.45) is 0 Å². The minimum absolute atomic E-state index is 0.0171. The van der Waals surface area contributed by atoms with Crippen molar-refractivity contribution in [2.45, 2.75) is 4.90 Å². The number of para-hydroxylation sites is 1. The van der Waals surface area contributed by atoms with E-state index < -0.39 is 0 Å². The zero-order valence-corrected chi connectivity index (χ0v) is 5.32. The fourth-order valence-corrected chi connectivity index (χ4v) is 0.788. The average molecular weight is 143 g/mol. The second kappa shape index (κ2) is 2.73. The van der Waals surface area contributed by atoms with E-state index >= 15 is 0 Å². The predicted molar refractivity (Wildman–Crippen MR) is 33.5 cm³/mol. The van der Waals surface area contributed by atoms with Gasteiger partial charge in [-0.1, -0.05) is 12.1 Å². The molecule has 47 valence electrons. The Kier molecular flexibility index (Phi) is 1.95. The lowest BCUT2D eigenvalue weighted by Gasteiger charge is -1.90. The van der Waals surface area contributed by atoms with Crippen LogP contribution >= 0.6 is 12.1 Å². The molecule has 3 heteroatoms. The summed E-state index contributed by atoms with van der Waals surface area (Å²) in [6.45, 7) is 0. The first-order valence-corrected chi connectivity index (χ1v) is 3.11. The monoisotopic (exact) mass is 143 g/mol. The van der Waals surface area contributed by atoms with Crippen molar-refractivity contribution in [3.05, 3.63) is 24.3 Å². The van der Waals surface area contributed by atoms with E-state index in [1.807, 2.05) is 0 Å². The van der Waals surface area contributed by atoms with E-state index in [-0.39, 0.29) is 22.8 Å². The van der Waals surface area contributed by atoms with E-state index in [0.29, 0.717) is 0 Å². The van der Waals surface area contributed by atoms with Crippen LogP contribution in [0.1, 0.15) is 0 Å². The Morgan fingerprint density at radius 2 is 2.00 bits per heavy atom. The first kappa shape index (κ1) is 6.42. The molecule has 0 unspecified atom stereocenters. The third kappa shape index (κ3) is 1.36. The summed E-state index contributed by atoms with van der Waals surface area (Å²) < 4.78 is 11.7. The van der Waals surface area contributed by atoms with E-state index in [4.69, 9.17) is 0 Å². The van der Waals surface area contributed by atoms with Crippen LogP contribution in [0.5, 0.6) is 5.75 Å². The van der Waals surface area contributed by atoms with Crippen LogP contribution in [0.25, 0.3) is 0 Å². The maximum Gasteiger partial charge on any atom is 0.194 e. The molecule has 0 saturated carbocycles. The van der Waals surface area contributed by atoms with Gasteiger partial charge in [-0.25, -0.2) is 0 Å². The van der Waals surface area contributed by atoms with Crippen molar-refractivity contribution < 1.29 is 8.99 Å². The quantitative estimate of drug-likeness (QED) is 0.591. The summed E-state index contributed by atoms with van der Waals surface area (Å²) in [5, 5.41) is 10.6. The third-order valence-corrected chi connectivity index (χ3v) is 1.44. The van der Waals surface area contributed by atoms with Crippen LogP contribution in [0.15, 0.2) is 29.2 Å². The molecule has 1 aromatic rings. The Labute approximate surface area is 56.8 Å². The van der Waals surface area contributed by atoms with Crippen molar-refractivity contribution in [2.75, 3.05) is 0 Å². The lowest BCUT2D eigenvalue weighted by Crippen LogP contribution is -1.65. The Balaban J connectivity index is 3.01. The van der Waals surface area contributed by atoms with Gasteiger partial charge in [-0.05, 0) is 12.1 Å².